The third-order valence-electron chi connectivity index (χ3n) is 5.28. The first-order valence-corrected chi connectivity index (χ1v) is 14.1. The van der Waals surface area contributed by atoms with Crippen molar-refractivity contribution in [1.82, 2.24) is 9.97 Å². The number of aromatic nitrogens is 2. The van der Waals surface area contributed by atoms with Gasteiger partial charge in [0.15, 0.2) is 9.84 Å². The zero-order chi connectivity index (χ0) is 27.0. The van der Waals surface area contributed by atoms with Crippen LogP contribution in [-0.2, 0) is 19.9 Å². The molecule has 4 rings (SSSR count). The summed E-state index contributed by atoms with van der Waals surface area (Å²) >= 11 is 0. The Labute approximate surface area is 213 Å². The number of carbonyl (C=O) groups is 1. The smallest absolute Gasteiger partial charge is 0.283 e. The van der Waals surface area contributed by atoms with Crippen molar-refractivity contribution in [3.63, 3.8) is 0 Å². The van der Waals surface area contributed by atoms with Crippen LogP contribution in [0.15, 0.2) is 87.0 Å². The molecule has 10 nitrogen and oxygen atoms in total. The molecule has 4 N–H and O–H groups in total. The van der Waals surface area contributed by atoms with Crippen molar-refractivity contribution >= 4 is 53.8 Å². The molecule has 3 aromatic carbocycles. The number of hydrogen-bond acceptors (Lipinski definition) is 7. The van der Waals surface area contributed by atoms with E-state index in [1.54, 1.807) is 24.3 Å². The molecule has 0 aliphatic carbocycles. The molecule has 1 heterocycles. The fourth-order valence-electron chi connectivity index (χ4n) is 3.60. The zero-order valence-electron chi connectivity index (χ0n) is 19.7. The number of Topliss-reactive ketones (excluding diaryl/α,β-unsaturated/α-hetero) is 1. The molecular formula is C25H22N4O6S2. The van der Waals surface area contributed by atoms with E-state index in [1.807, 2.05) is 0 Å². The Kier molecular flexibility index (Phi) is 6.72. The average Bonchev–Trinajstić information content (AvgIpc) is 3.26. The Bertz CT molecular complexity index is 1780. The molecule has 0 fully saturated rings. The number of rotatable bonds is 7. The van der Waals surface area contributed by atoms with Crippen molar-refractivity contribution in [2.75, 3.05) is 6.26 Å². The lowest BCUT2D eigenvalue weighted by atomic mass is 9.99. The number of amidine groups is 1. The summed E-state index contributed by atoms with van der Waals surface area (Å²) in [5, 5.41) is 11.3. The van der Waals surface area contributed by atoms with Crippen LogP contribution in [0.5, 0.6) is 0 Å². The molecule has 0 saturated carbocycles. The topological polar surface area (TPSA) is 173 Å². The molecule has 0 amide bonds. The van der Waals surface area contributed by atoms with Crippen LogP contribution in [0.4, 0.5) is 0 Å². The summed E-state index contributed by atoms with van der Waals surface area (Å²) in [6.45, 7) is 1.32. The van der Waals surface area contributed by atoms with E-state index in [4.69, 9.17) is 5.73 Å². The minimum Gasteiger partial charge on any atom is -0.506 e. The summed E-state index contributed by atoms with van der Waals surface area (Å²) in [6, 6.07) is 17.6. The second-order valence-electron chi connectivity index (χ2n) is 8.19. The van der Waals surface area contributed by atoms with Gasteiger partial charge in [0.2, 0.25) is 5.78 Å². The largest absolute Gasteiger partial charge is 0.506 e. The van der Waals surface area contributed by atoms with Gasteiger partial charge in [-0.05, 0) is 43.3 Å². The maximum atomic E-state index is 13.7. The highest BCUT2D eigenvalue weighted by Crippen LogP contribution is 2.30. The Hall–Kier alpha value is -4.29. The van der Waals surface area contributed by atoms with Gasteiger partial charge in [0, 0.05) is 17.4 Å². The number of para-hydroxylation sites is 2. The fraction of sp³-hybridized carbons (Fsp3) is 0.0800. The third kappa shape index (κ3) is 5.44. The highest BCUT2D eigenvalue weighted by atomic mass is 32.2. The van der Waals surface area contributed by atoms with Gasteiger partial charge in [-0.3, -0.25) is 4.79 Å². The molecule has 12 heteroatoms. The van der Waals surface area contributed by atoms with E-state index < -0.39 is 31.4 Å². The minimum absolute atomic E-state index is 0.00553. The van der Waals surface area contributed by atoms with E-state index in [1.165, 1.54) is 49.4 Å². The average molecular weight is 539 g/mol. The van der Waals surface area contributed by atoms with E-state index in [0.717, 1.165) is 12.3 Å². The molecule has 37 heavy (non-hydrogen) atoms. The summed E-state index contributed by atoms with van der Waals surface area (Å²) in [7, 11) is -7.78. The number of fused-ring (bicyclic) bond motifs is 1. The quantitative estimate of drug-likeness (QED) is 0.106. The normalized spacial score (nSPS) is 13.4. The van der Waals surface area contributed by atoms with Gasteiger partial charge in [0.05, 0.1) is 20.8 Å². The first-order chi connectivity index (χ1) is 17.4. The molecule has 190 valence electrons. The van der Waals surface area contributed by atoms with Crippen LogP contribution in [0.3, 0.4) is 0 Å². The Morgan fingerprint density at radius 3 is 2.19 bits per heavy atom. The molecule has 0 aliphatic rings. The number of imidazole rings is 1. The highest BCUT2D eigenvalue weighted by molar-refractivity contribution is 7.90. The van der Waals surface area contributed by atoms with Crippen LogP contribution < -0.4 is 5.73 Å². The number of aliphatic hydroxyl groups excluding tert-OH is 1. The molecule has 1 aromatic heterocycles. The van der Waals surface area contributed by atoms with Crippen molar-refractivity contribution in [1.29, 1.82) is 0 Å². The van der Waals surface area contributed by atoms with Crippen LogP contribution >= 0.6 is 0 Å². The Morgan fingerprint density at radius 1 is 0.919 bits per heavy atom. The number of allylic oxidation sites excluding steroid dienone is 1. The van der Waals surface area contributed by atoms with E-state index in [9.17, 15) is 26.7 Å². The standard InChI is InChI=1S/C25H22N4O6S2/c1-15(26)29-37(34,35)19-10-6-8-17(14-19)24(31)22(25-27-20-11-3-4-12-21(20)28-25)23(30)16-7-5-9-18(13-16)36(2,32)33/h3-14,31H,1-2H3,(H2,26,29)(H,27,28). The fourth-order valence-corrected chi connectivity index (χ4v) is 5.28. The third-order valence-corrected chi connectivity index (χ3v) is 7.77. The predicted molar refractivity (Wildman–Crippen MR) is 140 cm³/mol. The molecule has 0 atom stereocenters. The van der Waals surface area contributed by atoms with Gasteiger partial charge in [-0.2, -0.15) is 8.42 Å². The number of H-pyrrole nitrogens is 1. The van der Waals surface area contributed by atoms with Crippen molar-refractivity contribution < 1.29 is 26.7 Å². The Balaban J connectivity index is 1.96. The van der Waals surface area contributed by atoms with Crippen LogP contribution in [0.1, 0.15) is 28.7 Å². The SMILES string of the molecule is CC(N)=NS(=O)(=O)c1cccc(C(O)=C(C(=O)c2cccc(S(C)(=O)=O)c2)c2nc3ccccc3[nH]2)c1. The van der Waals surface area contributed by atoms with Gasteiger partial charge in [-0.1, -0.05) is 36.4 Å². The van der Waals surface area contributed by atoms with Gasteiger partial charge in [-0.15, -0.1) is 4.40 Å². The van der Waals surface area contributed by atoms with Crippen molar-refractivity contribution in [2.45, 2.75) is 16.7 Å². The lowest BCUT2D eigenvalue weighted by Gasteiger charge is -2.11. The first kappa shape index (κ1) is 25.8. The zero-order valence-corrected chi connectivity index (χ0v) is 21.3. The number of hydrogen-bond donors (Lipinski definition) is 3. The maximum Gasteiger partial charge on any atom is 0.283 e. The Morgan fingerprint density at radius 2 is 1.54 bits per heavy atom. The van der Waals surface area contributed by atoms with Crippen molar-refractivity contribution in [3.8, 4) is 0 Å². The number of nitrogens with zero attached hydrogens (tertiary/aromatic N) is 2. The number of aromatic amines is 1. The molecule has 0 bridgehead atoms. The molecule has 4 aromatic rings. The van der Waals surface area contributed by atoms with Crippen LogP contribution in [0.2, 0.25) is 0 Å². The number of benzene rings is 3. The lowest BCUT2D eigenvalue weighted by molar-refractivity contribution is 0.105. The summed E-state index contributed by atoms with van der Waals surface area (Å²) in [5.41, 5.74) is 6.24. The van der Waals surface area contributed by atoms with E-state index >= 15 is 0 Å². The molecule has 0 saturated heterocycles. The maximum absolute atomic E-state index is 13.7. The van der Waals surface area contributed by atoms with Crippen LogP contribution in [0.25, 0.3) is 22.4 Å². The monoisotopic (exact) mass is 538 g/mol. The first-order valence-electron chi connectivity index (χ1n) is 10.8. The van der Waals surface area contributed by atoms with Gasteiger partial charge >= 0.3 is 0 Å². The number of sulfonamides is 1. The summed E-state index contributed by atoms with van der Waals surface area (Å²) in [5.74, 6) is -1.46. The summed E-state index contributed by atoms with van der Waals surface area (Å²) in [6.07, 6.45) is 1.02. The van der Waals surface area contributed by atoms with E-state index in [0.29, 0.717) is 11.0 Å². The van der Waals surface area contributed by atoms with Crippen LogP contribution in [0, 0.1) is 0 Å². The predicted octanol–water partition coefficient (Wildman–Crippen LogP) is 3.34. The lowest BCUT2D eigenvalue weighted by Crippen LogP contribution is -2.10. The van der Waals surface area contributed by atoms with Crippen LogP contribution in [-0.4, -0.2) is 49.8 Å². The van der Waals surface area contributed by atoms with Gasteiger partial charge < -0.3 is 15.8 Å². The second-order valence-corrected chi connectivity index (χ2v) is 11.8. The molecular weight excluding hydrogens is 516 g/mol. The van der Waals surface area contributed by atoms with Gasteiger partial charge in [-0.25, -0.2) is 13.4 Å². The number of nitrogens with two attached hydrogens (primary N) is 1. The number of aliphatic hydroxyl groups is 1. The minimum atomic E-state index is -4.17. The molecule has 0 spiro atoms. The highest BCUT2D eigenvalue weighted by Gasteiger charge is 2.25. The number of nitrogens with one attached hydrogen (secondary N) is 1. The summed E-state index contributed by atoms with van der Waals surface area (Å²) < 4.78 is 52.7. The number of ketones is 1. The number of sulfone groups is 1. The number of carbonyl (C=O) groups excluding carboxylic acids is 1. The van der Waals surface area contributed by atoms with Gasteiger partial charge in [0.1, 0.15) is 23.0 Å². The second kappa shape index (κ2) is 9.64. The van der Waals surface area contributed by atoms with Crippen molar-refractivity contribution in [2.24, 2.45) is 10.1 Å². The molecule has 0 aliphatic heterocycles. The molecule has 0 radical (unpaired) electrons. The van der Waals surface area contributed by atoms with E-state index in [2.05, 4.69) is 14.4 Å². The van der Waals surface area contributed by atoms with E-state index in [-0.39, 0.29) is 38.2 Å². The summed E-state index contributed by atoms with van der Waals surface area (Å²) in [4.78, 5) is 20.8. The van der Waals surface area contributed by atoms with Gasteiger partial charge in [0.25, 0.3) is 10.0 Å². The van der Waals surface area contributed by atoms with Crippen molar-refractivity contribution in [3.05, 3.63) is 89.7 Å². The molecule has 0 unspecified atom stereocenters.